The Bertz CT molecular complexity index is 462. The van der Waals surface area contributed by atoms with Gasteiger partial charge in [-0.15, -0.1) is 0 Å². The van der Waals surface area contributed by atoms with Crippen molar-refractivity contribution in [1.29, 1.82) is 5.26 Å². The molecule has 0 heterocycles. The summed E-state index contributed by atoms with van der Waals surface area (Å²) in [5.74, 6) is -0.373. The number of hydrogen-bond acceptors (Lipinski definition) is 2. The summed E-state index contributed by atoms with van der Waals surface area (Å²) in [6.45, 7) is 1.84. The first-order valence-corrected chi connectivity index (χ1v) is 5.98. The minimum Gasteiger partial charge on any atom is -0.383 e. The van der Waals surface area contributed by atoms with E-state index in [9.17, 15) is 14.8 Å². The first-order valence-electron chi connectivity index (χ1n) is 5.98. The van der Waals surface area contributed by atoms with Crippen LogP contribution in [0.15, 0.2) is 24.3 Å². The molecule has 0 aliphatic heterocycles. The van der Waals surface area contributed by atoms with Gasteiger partial charge in [0.2, 0.25) is 0 Å². The van der Waals surface area contributed by atoms with Crippen LogP contribution in [0.5, 0.6) is 0 Å². The summed E-state index contributed by atoms with van der Waals surface area (Å²) in [6.07, 6.45) is 2.74. The second-order valence-corrected chi connectivity index (χ2v) is 4.77. The van der Waals surface area contributed by atoms with E-state index in [0.717, 1.165) is 6.42 Å². The van der Waals surface area contributed by atoms with Gasteiger partial charge in [-0.3, -0.25) is 0 Å². The molecule has 2 rings (SSSR count). The molecule has 0 amide bonds. The van der Waals surface area contributed by atoms with E-state index >= 15 is 0 Å². The van der Waals surface area contributed by atoms with Gasteiger partial charge in [-0.1, -0.05) is 25.5 Å². The van der Waals surface area contributed by atoms with Crippen molar-refractivity contribution in [1.82, 2.24) is 0 Å². The number of nitrogens with zero attached hydrogens (tertiary/aromatic N) is 1. The molecule has 1 atom stereocenters. The van der Waals surface area contributed by atoms with E-state index < -0.39 is 11.0 Å². The molecule has 0 spiro atoms. The average molecular weight is 233 g/mol. The zero-order valence-corrected chi connectivity index (χ0v) is 9.91. The molecule has 0 saturated heterocycles. The molecule has 0 bridgehead atoms. The second kappa shape index (κ2) is 4.12. The minimum absolute atomic E-state index is 0.373. The zero-order chi connectivity index (χ0) is 12.5. The highest BCUT2D eigenvalue weighted by Crippen LogP contribution is 2.54. The van der Waals surface area contributed by atoms with Crippen molar-refractivity contribution in [3.05, 3.63) is 35.6 Å². The van der Waals surface area contributed by atoms with Gasteiger partial charge in [-0.05, 0) is 37.0 Å². The summed E-state index contributed by atoms with van der Waals surface area (Å²) in [5.41, 5.74) is -1.46. The van der Waals surface area contributed by atoms with Crippen LogP contribution in [-0.4, -0.2) is 5.11 Å². The van der Waals surface area contributed by atoms with Crippen LogP contribution in [0.2, 0.25) is 0 Å². The Morgan fingerprint density at radius 1 is 1.53 bits per heavy atom. The summed E-state index contributed by atoms with van der Waals surface area (Å²) in [7, 11) is 0. The number of halogens is 1. The Balaban J connectivity index is 2.48. The van der Waals surface area contributed by atoms with Crippen LogP contribution >= 0.6 is 0 Å². The molecule has 1 aliphatic carbocycles. The Morgan fingerprint density at radius 3 is 2.65 bits per heavy atom. The standard InChI is InChI=1S/C14H16FNO/c1-2-14(17,13(10-16)7-4-8-13)11-5-3-6-12(15)9-11/h3,5-6,9,17H,2,4,7-8H2,1H3. The summed E-state index contributed by atoms with van der Waals surface area (Å²) >= 11 is 0. The molecule has 3 heteroatoms. The van der Waals surface area contributed by atoms with Gasteiger partial charge in [0, 0.05) is 0 Å². The Kier molecular flexibility index (Phi) is 2.92. The van der Waals surface area contributed by atoms with Crippen molar-refractivity contribution < 1.29 is 9.50 Å². The summed E-state index contributed by atoms with van der Waals surface area (Å²) in [4.78, 5) is 0. The van der Waals surface area contributed by atoms with Crippen molar-refractivity contribution in [3.8, 4) is 6.07 Å². The van der Waals surface area contributed by atoms with Crippen molar-refractivity contribution in [2.75, 3.05) is 0 Å². The molecule has 1 N–H and O–H groups in total. The van der Waals surface area contributed by atoms with Crippen LogP contribution in [0.25, 0.3) is 0 Å². The fourth-order valence-electron chi connectivity index (χ4n) is 2.71. The molecule has 1 aromatic carbocycles. The fourth-order valence-corrected chi connectivity index (χ4v) is 2.71. The first-order chi connectivity index (χ1) is 8.08. The van der Waals surface area contributed by atoms with Crippen LogP contribution in [0.4, 0.5) is 4.39 Å². The van der Waals surface area contributed by atoms with Gasteiger partial charge >= 0.3 is 0 Å². The lowest BCUT2D eigenvalue weighted by molar-refractivity contribution is -0.103. The summed E-state index contributed by atoms with van der Waals surface area (Å²) in [5, 5.41) is 20.1. The predicted molar refractivity (Wildman–Crippen MR) is 62.5 cm³/mol. The monoisotopic (exact) mass is 233 g/mol. The highest BCUT2D eigenvalue weighted by molar-refractivity contribution is 5.31. The third kappa shape index (κ3) is 1.64. The van der Waals surface area contributed by atoms with Gasteiger partial charge in [0.05, 0.1) is 11.5 Å². The molecule has 1 unspecified atom stereocenters. The maximum Gasteiger partial charge on any atom is 0.123 e. The average Bonchev–Trinajstić information content (AvgIpc) is 2.28. The lowest BCUT2D eigenvalue weighted by Gasteiger charge is -2.48. The van der Waals surface area contributed by atoms with E-state index in [2.05, 4.69) is 6.07 Å². The molecule has 1 aromatic rings. The maximum absolute atomic E-state index is 13.3. The fraction of sp³-hybridized carbons (Fsp3) is 0.500. The van der Waals surface area contributed by atoms with E-state index in [4.69, 9.17) is 0 Å². The van der Waals surface area contributed by atoms with Gasteiger partial charge in [-0.2, -0.15) is 5.26 Å². The van der Waals surface area contributed by atoms with Crippen LogP contribution < -0.4 is 0 Å². The number of rotatable bonds is 3. The number of nitriles is 1. The Morgan fingerprint density at radius 2 is 2.24 bits per heavy atom. The molecular weight excluding hydrogens is 217 g/mol. The van der Waals surface area contributed by atoms with E-state index in [0.29, 0.717) is 24.8 Å². The molecule has 0 radical (unpaired) electrons. The number of aliphatic hydroxyl groups is 1. The highest BCUT2D eigenvalue weighted by atomic mass is 19.1. The van der Waals surface area contributed by atoms with E-state index in [1.807, 2.05) is 6.92 Å². The zero-order valence-electron chi connectivity index (χ0n) is 9.91. The van der Waals surface area contributed by atoms with Gasteiger partial charge in [-0.25, -0.2) is 4.39 Å². The Hall–Kier alpha value is -1.40. The third-order valence-corrected chi connectivity index (χ3v) is 4.03. The molecular formula is C14H16FNO. The molecule has 0 aromatic heterocycles. The largest absolute Gasteiger partial charge is 0.383 e. The van der Waals surface area contributed by atoms with Gasteiger partial charge in [0.25, 0.3) is 0 Å². The molecule has 2 nitrogen and oxygen atoms in total. The van der Waals surface area contributed by atoms with E-state index in [1.54, 1.807) is 12.1 Å². The Labute approximate surface area is 101 Å². The third-order valence-electron chi connectivity index (χ3n) is 4.03. The molecule has 17 heavy (non-hydrogen) atoms. The summed E-state index contributed by atoms with van der Waals surface area (Å²) < 4.78 is 13.3. The first kappa shape index (κ1) is 12.1. The van der Waals surface area contributed by atoms with E-state index in [-0.39, 0.29) is 5.82 Å². The van der Waals surface area contributed by atoms with E-state index in [1.165, 1.54) is 12.1 Å². The van der Waals surface area contributed by atoms with Crippen molar-refractivity contribution in [3.63, 3.8) is 0 Å². The van der Waals surface area contributed by atoms with Crippen molar-refractivity contribution in [2.24, 2.45) is 5.41 Å². The van der Waals surface area contributed by atoms with Crippen LogP contribution in [0, 0.1) is 22.6 Å². The van der Waals surface area contributed by atoms with Crippen LogP contribution in [0.1, 0.15) is 38.2 Å². The van der Waals surface area contributed by atoms with Gasteiger partial charge in [0.1, 0.15) is 11.4 Å². The highest BCUT2D eigenvalue weighted by Gasteiger charge is 2.54. The summed E-state index contributed by atoms with van der Waals surface area (Å²) in [6, 6.07) is 8.21. The second-order valence-electron chi connectivity index (χ2n) is 4.77. The quantitative estimate of drug-likeness (QED) is 0.871. The molecule has 1 aliphatic rings. The SMILES string of the molecule is CCC(O)(c1cccc(F)c1)C1(C#N)CCC1. The topological polar surface area (TPSA) is 44.0 Å². The van der Waals surface area contributed by atoms with Crippen molar-refractivity contribution >= 4 is 0 Å². The number of benzene rings is 1. The lowest BCUT2D eigenvalue weighted by atomic mass is 9.56. The molecule has 1 fully saturated rings. The molecule has 1 saturated carbocycles. The van der Waals surface area contributed by atoms with Crippen LogP contribution in [0.3, 0.4) is 0 Å². The van der Waals surface area contributed by atoms with Crippen LogP contribution in [-0.2, 0) is 5.60 Å². The number of hydrogen-bond donors (Lipinski definition) is 1. The van der Waals surface area contributed by atoms with Crippen molar-refractivity contribution in [2.45, 2.75) is 38.2 Å². The minimum atomic E-state index is -1.23. The molecule has 90 valence electrons. The predicted octanol–water partition coefficient (Wildman–Crippen LogP) is 3.12. The normalized spacial score (nSPS) is 21.1. The maximum atomic E-state index is 13.3. The lowest BCUT2D eigenvalue weighted by Crippen LogP contribution is -2.49. The van der Waals surface area contributed by atoms with Gasteiger partial charge in [0.15, 0.2) is 0 Å². The smallest absolute Gasteiger partial charge is 0.123 e. The van der Waals surface area contributed by atoms with Gasteiger partial charge < -0.3 is 5.11 Å².